The van der Waals surface area contributed by atoms with Crippen LogP contribution < -0.4 is 16.0 Å². The second kappa shape index (κ2) is 7.40. The Morgan fingerprint density at radius 3 is 2.22 bits per heavy atom. The number of carbonyl (C=O) groups excluding carboxylic acids is 2. The van der Waals surface area contributed by atoms with Crippen LogP contribution in [-0.2, 0) is 0 Å². The van der Waals surface area contributed by atoms with Crippen LogP contribution in [0.5, 0.6) is 0 Å². The van der Waals surface area contributed by atoms with Gasteiger partial charge in [-0.25, -0.2) is 9.18 Å². The molecule has 23 heavy (non-hydrogen) atoms. The van der Waals surface area contributed by atoms with E-state index in [0.29, 0.717) is 11.4 Å². The van der Waals surface area contributed by atoms with E-state index in [4.69, 9.17) is 0 Å². The molecule has 0 fully saturated rings. The number of rotatable bonds is 4. The number of urea groups is 1. The van der Waals surface area contributed by atoms with Gasteiger partial charge in [0.1, 0.15) is 5.82 Å². The molecular weight excluding hydrogens is 297 g/mol. The minimum atomic E-state index is -0.486. The summed E-state index contributed by atoms with van der Waals surface area (Å²) in [6.45, 7) is 3.69. The van der Waals surface area contributed by atoms with Crippen molar-refractivity contribution < 1.29 is 14.0 Å². The summed E-state index contributed by atoms with van der Waals surface area (Å²) in [5.74, 6) is -0.941. The first-order valence-electron chi connectivity index (χ1n) is 7.19. The molecule has 0 aliphatic rings. The average molecular weight is 315 g/mol. The van der Waals surface area contributed by atoms with Gasteiger partial charge in [0.2, 0.25) is 0 Å². The molecule has 2 rings (SSSR count). The normalized spacial score (nSPS) is 10.3. The fourth-order valence-electron chi connectivity index (χ4n) is 1.95. The monoisotopic (exact) mass is 315 g/mol. The fraction of sp³-hybridized carbons (Fsp3) is 0.176. The van der Waals surface area contributed by atoms with E-state index in [9.17, 15) is 14.0 Å². The van der Waals surface area contributed by atoms with Gasteiger partial charge in [0, 0.05) is 11.6 Å². The maximum absolute atomic E-state index is 13.2. The molecule has 0 heterocycles. The van der Waals surface area contributed by atoms with Crippen molar-refractivity contribution in [1.82, 2.24) is 5.32 Å². The topological polar surface area (TPSA) is 70.2 Å². The van der Waals surface area contributed by atoms with Gasteiger partial charge in [-0.3, -0.25) is 4.79 Å². The molecule has 0 bridgehead atoms. The van der Waals surface area contributed by atoms with E-state index in [1.54, 1.807) is 24.3 Å². The van der Waals surface area contributed by atoms with Crippen molar-refractivity contribution in [1.29, 1.82) is 0 Å². The number of hydrogen-bond acceptors (Lipinski definition) is 2. The third-order valence-corrected chi connectivity index (χ3v) is 2.93. The molecule has 2 aromatic carbocycles. The third kappa shape index (κ3) is 4.81. The highest BCUT2D eigenvalue weighted by Crippen LogP contribution is 2.21. The molecule has 3 amide bonds. The molecule has 0 saturated carbocycles. The molecule has 0 aliphatic heterocycles. The Morgan fingerprint density at radius 1 is 0.957 bits per heavy atom. The van der Waals surface area contributed by atoms with Crippen molar-refractivity contribution in [3.05, 3.63) is 59.9 Å². The molecule has 0 saturated heterocycles. The van der Waals surface area contributed by atoms with E-state index in [0.717, 1.165) is 6.07 Å². The van der Waals surface area contributed by atoms with E-state index in [1.165, 1.54) is 18.2 Å². The highest BCUT2D eigenvalue weighted by Gasteiger charge is 2.11. The summed E-state index contributed by atoms with van der Waals surface area (Å²) >= 11 is 0. The van der Waals surface area contributed by atoms with E-state index < -0.39 is 11.7 Å². The quantitative estimate of drug-likeness (QED) is 0.806. The van der Waals surface area contributed by atoms with Crippen LogP contribution in [0, 0.1) is 5.82 Å². The second-order valence-electron chi connectivity index (χ2n) is 5.26. The zero-order chi connectivity index (χ0) is 16.8. The summed E-state index contributed by atoms with van der Waals surface area (Å²) in [5, 5.41) is 8.03. The lowest BCUT2D eigenvalue weighted by atomic mass is 10.2. The molecule has 0 atom stereocenters. The van der Waals surface area contributed by atoms with Crippen molar-refractivity contribution in [2.45, 2.75) is 19.9 Å². The molecule has 120 valence electrons. The summed E-state index contributed by atoms with van der Waals surface area (Å²) < 4.78 is 13.2. The molecule has 0 spiro atoms. The van der Waals surface area contributed by atoms with E-state index in [1.807, 2.05) is 13.8 Å². The number of nitrogens with one attached hydrogen (secondary N) is 3. The highest BCUT2D eigenvalue weighted by molar-refractivity contribution is 6.07. The first-order valence-corrected chi connectivity index (χ1v) is 7.19. The third-order valence-electron chi connectivity index (χ3n) is 2.93. The number of benzene rings is 2. The molecule has 5 nitrogen and oxygen atoms in total. The lowest BCUT2D eigenvalue weighted by Crippen LogP contribution is -2.34. The van der Waals surface area contributed by atoms with Crippen LogP contribution in [0.15, 0.2) is 48.5 Å². The number of hydrogen-bond donors (Lipinski definition) is 3. The van der Waals surface area contributed by atoms with Crippen molar-refractivity contribution in [3.8, 4) is 0 Å². The van der Waals surface area contributed by atoms with Gasteiger partial charge >= 0.3 is 6.03 Å². The summed E-state index contributed by atoms with van der Waals surface area (Å²) in [7, 11) is 0. The lowest BCUT2D eigenvalue weighted by Gasteiger charge is -2.14. The van der Waals surface area contributed by atoms with Crippen molar-refractivity contribution in [3.63, 3.8) is 0 Å². The lowest BCUT2D eigenvalue weighted by molar-refractivity contribution is 0.102. The molecule has 2 aromatic rings. The summed E-state index contributed by atoms with van der Waals surface area (Å²) in [5.41, 5.74) is 1.09. The molecule has 0 radical (unpaired) electrons. The van der Waals surface area contributed by atoms with Crippen LogP contribution in [0.2, 0.25) is 0 Å². The van der Waals surface area contributed by atoms with Crippen molar-refractivity contribution in [2.75, 3.05) is 10.6 Å². The van der Waals surface area contributed by atoms with Crippen molar-refractivity contribution >= 4 is 23.3 Å². The Morgan fingerprint density at radius 2 is 1.61 bits per heavy atom. The Bertz CT molecular complexity index is 716. The first-order chi connectivity index (χ1) is 11.0. The molecule has 0 aliphatic carbocycles. The van der Waals surface area contributed by atoms with Gasteiger partial charge in [0.05, 0.1) is 11.4 Å². The fourth-order valence-corrected chi connectivity index (χ4v) is 1.95. The molecular formula is C17H18FN3O2. The zero-order valence-corrected chi connectivity index (χ0v) is 12.9. The summed E-state index contributed by atoms with van der Waals surface area (Å²) in [4.78, 5) is 24.0. The predicted molar refractivity (Wildman–Crippen MR) is 88.1 cm³/mol. The maximum Gasteiger partial charge on any atom is 0.319 e. The second-order valence-corrected chi connectivity index (χ2v) is 5.26. The minimum Gasteiger partial charge on any atom is -0.336 e. The van der Waals surface area contributed by atoms with Crippen LogP contribution >= 0.6 is 0 Å². The number of carbonyl (C=O) groups is 2. The summed E-state index contributed by atoms with van der Waals surface area (Å²) in [6, 6.07) is 11.8. The van der Waals surface area contributed by atoms with Crippen LogP contribution in [0.25, 0.3) is 0 Å². The summed E-state index contributed by atoms with van der Waals surface area (Å²) in [6.07, 6.45) is 0. The van der Waals surface area contributed by atoms with Crippen LogP contribution in [-0.4, -0.2) is 18.0 Å². The zero-order valence-electron chi connectivity index (χ0n) is 12.9. The molecule has 0 aromatic heterocycles. The van der Waals surface area contributed by atoms with E-state index in [-0.39, 0.29) is 17.6 Å². The van der Waals surface area contributed by atoms with Gasteiger partial charge in [-0.1, -0.05) is 18.2 Å². The van der Waals surface area contributed by atoms with E-state index in [2.05, 4.69) is 16.0 Å². The average Bonchev–Trinajstić information content (AvgIpc) is 2.48. The van der Waals surface area contributed by atoms with Gasteiger partial charge in [-0.05, 0) is 44.2 Å². The maximum atomic E-state index is 13.2. The van der Waals surface area contributed by atoms with Gasteiger partial charge in [0.15, 0.2) is 0 Å². The number of halogens is 1. The Balaban J connectivity index is 2.14. The van der Waals surface area contributed by atoms with Crippen LogP contribution in [0.1, 0.15) is 24.2 Å². The number of amides is 3. The molecule has 3 N–H and O–H groups in total. The number of para-hydroxylation sites is 2. The first kappa shape index (κ1) is 16.5. The van der Waals surface area contributed by atoms with E-state index >= 15 is 0 Å². The Kier molecular flexibility index (Phi) is 5.30. The standard InChI is InChI=1S/C17H18FN3O2/c1-11(2)19-17(23)21-15-9-4-3-8-14(15)20-16(22)12-6-5-7-13(18)10-12/h3-11H,1-2H3,(H,20,22)(H2,19,21,23). The minimum absolute atomic E-state index is 0.0101. The SMILES string of the molecule is CC(C)NC(=O)Nc1ccccc1NC(=O)c1cccc(F)c1. The van der Waals surface area contributed by atoms with Gasteiger partial charge in [-0.15, -0.1) is 0 Å². The Labute approximate surface area is 133 Å². The van der Waals surface area contributed by atoms with Gasteiger partial charge in [-0.2, -0.15) is 0 Å². The highest BCUT2D eigenvalue weighted by atomic mass is 19.1. The van der Waals surface area contributed by atoms with Gasteiger partial charge < -0.3 is 16.0 Å². The van der Waals surface area contributed by atoms with Crippen LogP contribution in [0.4, 0.5) is 20.6 Å². The van der Waals surface area contributed by atoms with Crippen LogP contribution in [0.3, 0.4) is 0 Å². The van der Waals surface area contributed by atoms with Gasteiger partial charge in [0.25, 0.3) is 5.91 Å². The Hall–Kier alpha value is -2.89. The molecule has 0 unspecified atom stereocenters. The molecule has 6 heteroatoms. The number of anilines is 2. The van der Waals surface area contributed by atoms with Crippen molar-refractivity contribution in [2.24, 2.45) is 0 Å². The predicted octanol–water partition coefficient (Wildman–Crippen LogP) is 3.61. The smallest absolute Gasteiger partial charge is 0.319 e. The largest absolute Gasteiger partial charge is 0.336 e.